The maximum Gasteiger partial charge on any atom is 0.198 e. The minimum absolute atomic E-state index is 0.274. The maximum absolute atomic E-state index is 12.5. The second-order valence-corrected chi connectivity index (χ2v) is 4.90. The van der Waals surface area contributed by atoms with E-state index in [0.717, 1.165) is 0 Å². The zero-order valence-corrected chi connectivity index (χ0v) is 11.9. The predicted octanol–water partition coefficient (Wildman–Crippen LogP) is 3.26. The van der Waals surface area contributed by atoms with E-state index in [-0.39, 0.29) is 5.78 Å². The molecule has 0 amide bonds. The number of carbonyl (C=O) groups excluding carboxylic acids is 1. The van der Waals surface area contributed by atoms with Gasteiger partial charge in [-0.1, -0.05) is 18.2 Å². The van der Waals surface area contributed by atoms with Gasteiger partial charge in [-0.3, -0.25) is 4.79 Å². The normalized spacial score (nSPS) is 11.4. The molecule has 0 saturated heterocycles. The van der Waals surface area contributed by atoms with Gasteiger partial charge in [-0.15, -0.1) is 11.3 Å². The highest BCUT2D eigenvalue weighted by Gasteiger charge is 2.27. The monoisotopic (exact) mass is 287 g/mol. The molecule has 0 fully saturated rings. The third kappa shape index (κ3) is 2.51. The van der Waals surface area contributed by atoms with Gasteiger partial charge in [-0.05, 0) is 17.5 Å². The van der Waals surface area contributed by atoms with E-state index in [4.69, 9.17) is 9.47 Å². The van der Waals surface area contributed by atoms with Crippen LogP contribution < -0.4 is 9.47 Å². The molecule has 1 heterocycles. The molecule has 1 unspecified atom stereocenters. The third-order valence-electron chi connectivity index (χ3n) is 2.91. The molecule has 0 aliphatic heterocycles. The van der Waals surface area contributed by atoms with Crippen LogP contribution in [0.3, 0.4) is 0 Å². The highest BCUT2D eigenvalue weighted by molar-refractivity contribution is 7.12. The molecule has 1 aromatic heterocycles. The smallest absolute Gasteiger partial charge is 0.198 e. The van der Waals surface area contributed by atoms with E-state index in [2.05, 4.69) is 6.07 Å². The molecular weight excluding hydrogens is 274 g/mol. The van der Waals surface area contributed by atoms with Crippen molar-refractivity contribution in [1.82, 2.24) is 0 Å². The highest BCUT2D eigenvalue weighted by Crippen LogP contribution is 2.33. The molecule has 0 bridgehead atoms. The van der Waals surface area contributed by atoms with Crippen molar-refractivity contribution in [3.05, 3.63) is 46.2 Å². The molecule has 2 aromatic rings. The molecule has 0 saturated carbocycles. The van der Waals surface area contributed by atoms with Crippen molar-refractivity contribution in [3.8, 4) is 17.6 Å². The van der Waals surface area contributed by atoms with Crippen molar-refractivity contribution >= 4 is 17.1 Å². The van der Waals surface area contributed by atoms with Gasteiger partial charge in [0.15, 0.2) is 5.78 Å². The number of nitrogens with zero attached hydrogens (tertiary/aromatic N) is 1. The number of methoxy groups -OCH3 is 2. The molecule has 0 radical (unpaired) electrons. The van der Waals surface area contributed by atoms with Gasteiger partial charge < -0.3 is 9.47 Å². The second-order valence-electron chi connectivity index (χ2n) is 3.99. The number of ether oxygens (including phenoxy) is 2. The topological polar surface area (TPSA) is 59.3 Å². The lowest BCUT2D eigenvalue weighted by Crippen LogP contribution is -2.12. The fourth-order valence-electron chi connectivity index (χ4n) is 1.94. The van der Waals surface area contributed by atoms with Gasteiger partial charge in [-0.2, -0.15) is 5.26 Å². The third-order valence-corrected chi connectivity index (χ3v) is 3.82. The number of hydrogen-bond donors (Lipinski definition) is 0. The van der Waals surface area contributed by atoms with Crippen molar-refractivity contribution in [3.63, 3.8) is 0 Å². The van der Waals surface area contributed by atoms with Crippen LogP contribution in [0, 0.1) is 11.3 Å². The number of para-hydroxylation sites is 1. The van der Waals surface area contributed by atoms with Gasteiger partial charge in [-0.25, -0.2) is 0 Å². The van der Waals surface area contributed by atoms with E-state index in [9.17, 15) is 10.1 Å². The second kappa shape index (κ2) is 6.22. The number of ketones is 1. The number of carbonyl (C=O) groups is 1. The lowest BCUT2D eigenvalue weighted by Gasteiger charge is -2.12. The summed E-state index contributed by atoms with van der Waals surface area (Å²) in [7, 11) is 3.02. The zero-order chi connectivity index (χ0) is 14.5. The number of hydrogen-bond acceptors (Lipinski definition) is 5. The van der Waals surface area contributed by atoms with Crippen LogP contribution in [0.5, 0.6) is 11.5 Å². The quantitative estimate of drug-likeness (QED) is 0.792. The molecule has 4 nitrogen and oxygen atoms in total. The van der Waals surface area contributed by atoms with Crippen LogP contribution >= 0.6 is 11.3 Å². The Morgan fingerprint density at radius 1 is 1.20 bits per heavy atom. The van der Waals surface area contributed by atoms with Crippen molar-refractivity contribution in [2.45, 2.75) is 5.92 Å². The molecule has 0 N–H and O–H groups in total. The molecule has 0 aliphatic carbocycles. The van der Waals surface area contributed by atoms with Crippen LogP contribution in [-0.2, 0) is 0 Å². The van der Waals surface area contributed by atoms with E-state index in [1.807, 2.05) is 0 Å². The number of rotatable bonds is 5. The molecule has 0 aliphatic rings. The van der Waals surface area contributed by atoms with Gasteiger partial charge in [0, 0.05) is 5.56 Å². The van der Waals surface area contributed by atoms with Crippen molar-refractivity contribution in [2.24, 2.45) is 0 Å². The number of thiophene rings is 1. The lowest BCUT2D eigenvalue weighted by atomic mass is 9.94. The summed E-state index contributed by atoms with van der Waals surface area (Å²) in [6.07, 6.45) is 0. The van der Waals surface area contributed by atoms with Gasteiger partial charge in [0.05, 0.1) is 20.3 Å². The van der Waals surface area contributed by atoms with E-state index in [1.165, 1.54) is 25.6 Å². The predicted molar refractivity (Wildman–Crippen MR) is 76.5 cm³/mol. The Labute approximate surface area is 121 Å². The standard InChI is InChI=1S/C15H13NO3S/c1-18-12-6-4-3-5-10(12)11(9-16)14(17)15-13(19-2)7-8-20-15/h3-8,11H,1-2H3. The lowest BCUT2D eigenvalue weighted by molar-refractivity contribution is 0.0979. The van der Waals surface area contributed by atoms with Crippen LogP contribution in [0.4, 0.5) is 0 Å². The molecule has 5 heteroatoms. The van der Waals surface area contributed by atoms with Gasteiger partial charge >= 0.3 is 0 Å². The first-order valence-corrected chi connectivity index (χ1v) is 6.79. The minimum atomic E-state index is -0.904. The SMILES string of the molecule is COc1ccccc1C(C#N)C(=O)c1sccc1OC. The maximum atomic E-state index is 12.5. The Balaban J connectivity index is 2.43. The fraction of sp³-hybridized carbons (Fsp3) is 0.200. The van der Waals surface area contributed by atoms with Gasteiger partial charge in [0.2, 0.25) is 0 Å². The van der Waals surface area contributed by atoms with Crippen LogP contribution in [0.1, 0.15) is 21.2 Å². The summed E-state index contributed by atoms with van der Waals surface area (Å²) >= 11 is 1.27. The van der Waals surface area contributed by atoms with Crippen LogP contribution in [0.15, 0.2) is 35.7 Å². The summed E-state index contributed by atoms with van der Waals surface area (Å²) in [5.41, 5.74) is 0.568. The molecule has 0 spiro atoms. The Hall–Kier alpha value is -2.32. The van der Waals surface area contributed by atoms with Crippen molar-refractivity contribution in [1.29, 1.82) is 5.26 Å². The summed E-state index contributed by atoms with van der Waals surface area (Å²) in [5.74, 6) is -0.152. The molecule has 102 valence electrons. The number of Topliss-reactive ketones (excluding diaryl/α,β-unsaturated/α-hetero) is 1. The Morgan fingerprint density at radius 2 is 1.90 bits per heavy atom. The Bertz CT molecular complexity index is 657. The van der Waals surface area contributed by atoms with E-state index in [0.29, 0.717) is 21.9 Å². The first kappa shape index (κ1) is 14.1. The number of nitriles is 1. The summed E-state index contributed by atoms with van der Waals surface area (Å²) < 4.78 is 10.4. The highest BCUT2D eigenvalue weighted by atomic mass is 32.1. The van der Waals surface area contributed by atoms with Crippen molar-refractivity contribution < 1.29 is 14.3 Å². The average molecular weight is 287 g/mol. The largest absolute Gasteiger partial charge is 0.496 e. The average Bonchev–Trinajstić information content (AvgIpc) is 2.96. The number of benzene rings is 1. The minimum Gasteiger partial charge on any atom is -0.496 e. The van der Waals surface area contributed by atoms with Gasteiger partial charge in [0.1, 0.15) is 22.3 Å². The van der Waals surface area contributed by atoms with E-state index < -0.39 is 5.92 Å². The summed E-state index contributed by atoms with van der Waals surface area (Å²) in [5, 5.41) is 11.1. The van der Waals surface area contributed by atoms with E-state index in [1.54, 1.807) is 35.7 Å². The summed E-state index contributed by atoms with van der Waals surface area (Å²) in [4.78, 5) is 13.0. The van der Waals surface area contributed by atoms with Crippen LogP contribution in [0.25, 0.3) is 0 Å². The molecule has 20 heavy (non-hydrogen) atoms. The molecular formula is C15H13NO3S. The zero-order valence-electron chi connectivity index (χ0n) is 11.1. The van der Waals surface area contributed by atoms with Crippen LogP contribution in [-0.4, -0.2) is 20.0 Å². The summed E-state index contributed by atoms with van der Waals surface area (Å²) in [6, 6.07) is 10.8. The first-order valence-electron chi connectivity index (χ1n) is 5.91. The Morgan fingerprint density at radius 3 is 2.55 bits per heavy atom. The fourth-order valence-corrected chi connectivity index (χ4v) is 2.77. The van der Waals surface area contributed by atoms with Gasteiger partial charge in [0.25, 0.3) is 0 Å². The molecule has 2 rings (SSSR count). The first-order chi connectivity index (χ1) is 9.72. The molecule has 1 aromatic carbocycles. The van der Waals surface area contributed by atoms with Crippen molar-refractivity contribution in [2.75, 3.05) is 14.2 Å². The molecule has 1 atom stereocenters. The van der Waals surface area contributed by atoms with E-state index >= 15 is 0 Å². The van der Waals surface area contributed by atoms with Crippen LogP contribution in [0.2, 0.25) is 0 Å². The Kier molecular flexibility index (Phi) is 4.38. The summed E-state index contributed by atoms with van der Waals surface area (Å²) in [6.45, 7) is 0.